The molecule has 2 rings (SSSR count). The standard InChI is InChI=1S/C22H30N2O3/c1-4-24(5-2)19-10-8-18(9-11-19)17-23-22(25)7-6-16-27-21-14-12-20(26-3)13-15-21/h8-15H,4-7,16-17H2,1-3H3,(H,23,25). The van der Waals surface area contributed by atoms with E-state index in [1.54, 1.807) is 7.11 Å². The van der Waals surface area contributed by atoms with Crippen molar-refractivity contribution in [2.45, 2.75) is 33.2 Å². The lowest BCUT2D eigenvalue weighted by atomic mass is 10.2. The molecular weight excluding hydrogens is 340 g/mol. The van der Waals surface area contributed by atoms with Crippen LogP contribution in [-0.2, 0) is 11.3 Å². The van der Waals surface area contributed by atoms with Crippen molar-refractivity contribution in [3.8, 4) is 11.5 Å². The highest BCUT2D eigenvalue weighted by Crippen LogP contribution is 2.17. The van der Waals surface area contributed by atoms with Crippen LogP contribution in [0.5, 0.6) is 11.5 Å². The second kappa shape index (κ2) is 11.1. The number of benzene rings is 2. The molecule has 146 valence electrons. The minimum Gasteiger partial charge on any atom is -0.497 e. The summed E-state index contributed by atoms with van der Waals surface area (Å²) in [6.07, 6.45) is 1.13. The number of methoxy groups -OCH3 is 1. The van der Waals surface area contributed by atoms with Crippen molar-refractivity contribution in [3.63, 3.8) is 0 Å². The summed E-state index contributed by atoms with van der Waals surface area (Å²) in [5, 5.41) is 2.96. The van der Waals surface area contributed by atoms with Crippen molar-refractivity contribution in [1.29, 1.82) is 0 Å². The molecule has 27 heavy (non-hydrogen) atoms. The van der Waals surface area contributed by atoms with Crippen LogP contribution in [0.4, 0.5) is 5.69 Å². The van der Waals surface area contributed by atoms with Gasteiger partial charge < -0.3 is 19.7 Å². The molecule has 0 bridgehead atoms. The molecule has 0 saturated carbocycles. The first-order chi connectivity index (χ1) is 13.2. The van der Waals surface area contributed by atoms with Crippen LogP contribution >= 0.6 is 0 Å². The lowest BCUT2D eigenvalue weighted by molar-refractivity contribution is -0.121. The van der Waals surface area contributed by atoms with Crippen LogP contribution in [0.1, 0.15) is 32.3 Å². The summed E-state index contributed by atoms with van der Waals surface area (Å²) in [6.45, 7) is 7.34. The third-order valence-corrected chi connectivity index (χ3v) is 4.43. The van der Waals surface area contributed by atoms with Gasteiger partial charge in [0.05, 0.1) is 13.7 Å². The molecule has 0 radical (unpaired) electrons. The van der Waals surface area contributed by atoms with Crippen LogP contribution in [0.15, 0.2) is 48.5 Å². The van der Waals surface area contributed by atoms with Crippen molar-refractivity contribution in [2.75, 3.05) is 31.7 Å². The topological polar surface area (TPSA) is 50.8 Å². The molecule has 5 nitrogen and oxygen atoms in total. The Morgan fingerprint density at radius 3 is 2.19 bits per heavy atom. The zero-order chi connectivity index (χ0) is 19.5. The van der Waals surface area contributed by atoms with Crippen LogP contribution < -0.4 is 19.7 Å². The molecule has 0 aromatic heterocycles. The summed E-state index contributed by atoms with van der Waals surface area (Å²) in [5.74, 6) is 1.62. The Bertz CT molecular complexity index is 680. The Balaban J connectivity index is 1.65. The SMILES string of the molecule is CCN(CC)c1ccc(CNC(=O)CCCOc2ccc(OC)cc2)cc1. The van der Waals surface area contributed by atoms with E-state index in [1.165, 1.54) is 5.69 Å². The van der Waals surface area contributed by atoms with Gasteiger partial charge in [-0.15, -0.1) is 0 Å². The Kier molecular flexibility index (Phi) is 8.49. The van der Waals surface area contributed by atoms with Gasteiger partial charge in [0, 0.05) is 31.7 Å². The van der Waals surface area contributed by atoms with Crippen LogP contribution in [0.3, 0.4) is 0 Å². The fourth-order valence-electron chi connectivity index (χ4n) is 2.80. The minimum absolute atomic E-state index is 0.0427. The highest BCUT2D eigenvalue weighted by Gasteiger charge is 2.04. The molecule has 1 amide bonds. The Morgan fingerprint density at radius 2 is 1.59 bits per heavy atom. The molecule has 0 spiro atoms. The van der Waals surface area contributed by atoms with Gasteiger partial charge in [-0.1, -0.05) is 12.1 Å². The summed E-state index contributed by atoms with van der Waals surface area (Å²) in [4.78, 5) is 14.3. The zero-order valence-corrected chi connectivity index (χ0v) is 16.5. The smallest absolute Gasteiger partial charge is 0.220 e. The third kappa shape index (κ3) is 6.85. The van der Waals surface area contributed by atoms with Gasteiger partial charge in [0.15, 0.2) is 0 Å². The molecule has 2 aromatic rings. The molecule has 0 heterocycles. The Morgan fingerprint density at radius 1 is 0.963 bits per heavy atom. The zero-order valence-electron chi connectivity index (χ0n) is 16.5. The number of carbonyl (C=O) groups excluding carboxylic acids is 1. The third-order valence-electron chi connectivity index (χ3n) is 4.43. The molecule has 5 heteroatoms. The van der Waals surface area contributed by atoms with Crippen LogP contribution in [0.25, 0.3) is 0 Å². The van der Waals surface area contributed by atoms with Crippen molar-refractivity contribution < 1.29 is 14.3 Å². The van der Waals surface area contributed by atoms with Gasteiger partial charge in [-0.05, 0) is 62.2 Å². The number of hydrogen-bond acceptors (Lipinski definition) is 4. The van der Waals surface area contributed by atoms with E-state index >= 15 is 0 Å². The second-order valence-corrected chi connectivity index (χ2v) is 6.24. The molecule has 0 saturated heterocycles. The van der Waals surface area contributed by atoms with E-state index in [-0.39, 0.29) is 5.91 Å². The summed E-state index contributed by atoms with van der Waals surface area (Å²) in [5.41, 5.74) is 2.32. The summed E-state index contributed by atoms with van der Waals surface area (Å²) >= 11 is 0. The predicted molar refractivity (Wildman–Crippen MR) is 110 cm³/mol. The van der Waals surface area contributed by atoms with Gasteiger partial charge >= 0.3 is 0 Å². The van der Waals surface area contributed by atoms with Crippen molar-refractivity contribution in [2.24, 2.45) is 0 Å². The van der Waals surface area contributed by atoms with Crippen molar-refractivity contribution >= 4 is 11.6 Å². The number of anilines is 1. The molecule has 2 aromatic carbocycles. The summed E-state index contributed by atoms with van der Waals surface area (Å²) in [7, 11) is 1.63. The first-order valence-corrected chi connectivity index (χ1v) is 9.53. The van der Waals surface area contributed by atoms with E-state index < -0.39 is 0 Å². The number of amides is 1. The average Bonchev–Trinajstić information content (AvgIpc) is 2.72. The fourth-order valence-corrected chi connectivity index (χ4v) is 2.80. The lowest BCUT2D eigenvalue weighted by Crippen LogP contribution is -2.23. The van der Waals surface area contributed by atoms with Gasteiger partial charge in [-0.3, -0.25) is 4.79 Å². The summed E-state index contributed by atoms with van der Waals surface area (Å²) < 4.78 is 10.7. The highest BCUT2D eigenvalue weighted by atomic mass is 16.5. The molecule has 0 aliphatic rings. The quantitative estimate of drug-likeness (QED) is 0.607. The van der Waals surface area contributed by atoms with Crippen LogP contribution in [0, 0.1) is 0 Å². The number of ether oxygens (including phenoxy) is 2. The van der Waals surface area contributed by atoms with Gasteiger partial charge in [-0.25, -0.2) is 0 Å². The molecule has 0 aliphatic carbocycles. The maximum Gasteiger partial charge on any atom is 0.220 e. The number of hydrogen-bond donors (Lipinski definition) is 1. The second-order valence-electron chi connectivity index (χ2n) is 6.24. The maximum absolute atomic E-state index is 12.0. The van der Waals surface area contributed by atoms with E-state index in [0.717, 1.165) is 30.2 Å². The molecule has 0 atom stereocenters. The van der Waals surface area contributed by atoms with Gasteiger partial charge in [0.1, 0.15) is 11.5 Å². The van der Waals surface area contributed by atoms with Gasteiger partial charge in [-0.2, -0.15) is 0 Å². The average molecular weight is 370 g/mol. The van der Waals surface area contributed by atoms with Crippen molar-refractivity contribution in [3.05, 3.63) is 54.1 Å². The molecule has 0 aliphatic heterocycles. The summed E-state index contributed by atoms with van der Waals surface area (Å²) in [6, 6.07) is 15.8. The molecule has 1 N–H and O–H groups in total. The van der Waals surface area contributed by atoms with E-state index in [1.807, 2.05) is 24.3 Å². The number of rotatable bonds is 11. The number of nitrogens with one attached hydrogen (secondary N) is 1. The molecule has 0 unspecified atom stereocenters. The molecular formula is C22H30N2O3. The van der Waals surface area contributed by atoms with Crippen LogP contribution in [0.2, 0.25) is 0 Å². The normalized spacial score (nSPS) is 10.3. The Hall–Kier alpha value is -2.69. The van der Waals surface area contributed by atoms with E-state index in [0.29, 0.717) is 26.0 Å². The monoisotopic (exact) mass is 370 g/mol. The maximum atomic E-state index is 12.0. The van der Waals surface area contributed by atoms with E-state index in [4.69, 9.17) is 9.47 Å². The lowest BCUT2D eigenvalue weighted by Gasteiger charge is -2.21. The Labute approximate surface area is 162 Å². The first-order valence-electron chi connectivity index (χ1n) is 9.53. The highest BCUT2D eigenvalue weighted by molar-refractivity contribution is 5.75. The van der Waals surface area contributed by atoms with Crippen molar-refractivity contribution in [1.82, 2.24) is 5.32 Å². The van der Waals surface area contributed by atoms with E-state index in [2.05, 4.69) is 48.3 Å². The van der Waals surface area contributed by atoms with Gasteiger partial charge in [0.2, 0.25) is 5.91 Å². The fraction of sp³-hybridized carbons (Fsp3) is 0.409. The number of nitrogens with zero attached hydrogens (tertiary/aromatic N) is 1. The van der Waals surface area contributed by atoms with Crippen LogP contribution in [-0.4, -0.2) is 32.7 Å². The molecule has 0 fully saturated rings. The predicted octanol–water partition coefficient (Wildman–Crippen LogP) is 4.02. The first kappa shape index (κ1) is 20.6. The number of carbonyl (C=O) groups is 1. The largest absolute Gasteiger partial charge is 0.497 e. The minimum atomic E-state index is 0.0427. The van der Waals surface area contributed by atoms with E-state index in [9.17, 15) is 4.79 Å². The van der Waals surface area contributed by atoms with Gasteiger partial charge in [0.25, 0.3) is 0 Å².